The molecule has 1 heterocycles. The molecule has 0 spiro atoms. The Morgan fingerprint density at radius 1 is 1.14 bits per heavy atom. The van der Waals surface area contributed by atoms with Crippen molar-refractivity contribution in [2.45, 2.75) is 44.4 Å². The second kappa shape index (κ2) is 8.95. The third kappa shape index (κ3) is 4.78. The minimum absolute atomic E-state index is 0.164. The van der Waals surface area contributed by atoms with Gasteiger partial charge in [0.2, 0.25) is 0 Å². The predicted octanol–water partition coefficient (Wildman–Crippen LogP) is 5.30. The second-order valence-electron chi connectivity index (χ2n) is 8.12. The van der Waals surface area contributed by atoms with Crippen molar-refractivity contribution in [2.24, 2.45) is 0 Å². The molecule has 0 bridgehead atoms. The molecule has 1 aliphatic heterocycles. The molecule has 0 radical (unpaired) electrons. The second-order valence-corrected chi connectivity index (χ2v) is 8.12. The molecule has 2 aromatic carbocycles. The number of hydrogen-bond acceptors (Lipinski definition) is 3. The highest BCUT2D eigenvalue weighted by atomic mass is 19.1. The van der Waals surface area contributed by atoms with Gasteiger partial charge in [-0.25, -0.2) is 9.18 Å². The highest BCUT2D eigenvalue weighted by Crippen LogP contribution is 2.37. The molecule has 1 saturated heterocycles. The average Bonchev–Trinajstić information content (AvgIpc) is 3.11. The summed E-state index contributed by atoms with van der Waals surface area (Å²) in [6.07, 6.45) is 4.11. The standard InChI is InChI=1S/C24H29FN2O2/c1-2-29-24(28)26-22-10-7-19-3-4-20(23(19)15-22)16-27-13-11-18(12-14-27)17-5-8-21(25)9-6-17/h5-10,15,18,20H,2-4,11-14,16H2,1H3,(H,26,28). The summed E-state index contributed by atoms with van der Waals surface area (Å²) in [6.45, 7) is 5.39. The fourth-order valence-corrected chi connectivity index (χ4v) is 4.74. The number of nitrogens with one attached hydrogen (secondary N) is 1. The van der Waals surface area contributed by atoms with Crippen LogP contribution in [0.1, 0.15) is 54.7 Å². The van der Waals surface area contributed by atoms with E-state index in [9.17, 15) is 9.18 Å². The van der Waals surface area contributed by atoms with Gasteiger partial charge in [-0.2, -0.15) is 0 Å². The molecule has 2 aromatic rings. The Morgan fingerprint density at radius 3 is 2.62 bits per heavy atom. The number of aryl methyl sites for hydroxylation is 1. The van der Waals surface area contributed by atoms with Crippen LogP contribution in [0.5, 0.6) is 0 Å². The number of benzene rings is 2. The summed E-state index contributed by atoms with van der Waals surface area (Å²) in [4.78, 5) is 14.3. The van der Waals surface area contributed by atoms with Gasteiger partial charge in [0.15, 0.2) is 0 Å². The zero-order valence-electron chi connectivity index (χ0n) is 17.0. The van der Waals surface area contributed by atoms with Crippen LogP contribution in [-0.4, -0.2) is 37.2 Å². The normalized spacial score (nSPS) is 19.7. The molecular formula is C24H29FN2O2. The number of likely N-dealkylation sites (tertiary alicyclic amines) is 1. The summed E-state index contributed by atoms with van der Waals surface area (Å²) >= 11 is 0. The minimum atomic E-state index is -0.398. The van der Waals surface area contributed by atoms with Crippen molar-refractivity contribution in [3.05, 3.63) is 65.0 Å². The number of rotatable bonds is 5. The van der Waals surface area contributed by atoms with Gasteiger partial charge in [0.1, 0.15) is 5.82 Å². The van der Waals surface area contributed by atoms with Gasteiger partial charge in [0.25, 0.3) is 0 Å². The van der Waals surface area contributed by atoms with Gasteiger partial charge in [-0.3, -0.25) is 5.32 Å². The fourth-order valence-electron chi connectivity index (χ4n) is 4.74. The summed E-state index contributed by atoms with van der Waals surface area (Å²) < 4.78 is 18.2. The first-order valence-corrected chi connectivity index (χ1v) is 10.7. The number of amides is 1. The third-order valence-electron chi connectivity index (χ3n) is 6.28. The fraction of sp³-hybridized carbons (Fsp3) is 0.458. The molecule has 1 aliphatic carbocycles. The summed E-state index contributed by atoms with van der Waals surface area (Å²) in [5.41, 5.74) is 4.82. The molecule has 1 fully saturated rings. The summed E-state index contributed by atoms with van der Waals surface area (Å²) in [5, 5.41) is 2.82. The minimum Gasteiger partial charge on any atom is -0.450 e. The number of piperidine rings is 1. The number of ether oxygens (including phenoxy) is 1. The maximum Gasteiger partial charge on any atom is 0.411 e. The lowest BCUT2D eigenvalue weighted by molar-refractivity contribution is 0.168. The molecule has 4 nitrogen and oxygen atoms in total. The van der Waals surface area contributed by atoms with Crippen molar-refractivity contribution >= 4 is 11.8 Å². The number of hydrogen-bond donors (Lipinski definition) is 1. The Labute approximate surface area is 172 Å². The highest BCUT2D eigenvalue weighted by Gasteiger charge is 2.27. The van der Waals surface area contributed by atoms with E-state index in [2.05, 4.69) is 22.3 Å². The molecule has 0 saturated carbocycles. The highest BCUT2D eigenvalue weighted by molar-refractivity contribution is 5.84. The van der Waals surface area contributed by atoms with E-state index in [1.54, 1.807) is 19.1 Å². The largest absolute Gasteiger partial charge is 0.450 e. The van der Waals surface area contributed by atoms with Gasteiger partial charge in [-0.05, 0) is 98.5 Å². The van der Waals surface area contributed by atoms with E-state index in [0.29, 0.717) is 18.4 Å². The summed E-state index contributed by atoms with van der Waals surface area (Å²) in [6, 6.07) is 13.2. The first-order valence-electron chi connectivity index (χ1n) is 10.7. The van der Waals surface area contributed by atoms with Crippen LogP contribution < -0.4 is 5.32 Å². The monoisotopic (exact) mass is 396 g/mol. The van der Waals surface area contributed by atoms with E-state index in [0.717, 1.165) is 51.0 Å². The third-order valence-corrected chi connectivity index (χ3v) is 6.28. The Hall–Kier alpha value is -2.40. The van der Waals surface area contributed by atoms with Gasteiger partial charge < -0.3 is 9.64 Å². The summed E-state index contributed by atoms with van der Waals surface area (Å²) in [5.74, 6) is 0.877. The zero-order chi connectivity index (χ0) is 20.2. The first-order chi connectivity index (χ1) is 14.1. The van der Waals surface area contributed by atoms with Crippen molar-refractivity contribution in [1.29, 1.82) is 0 Å². The molecule has 154 valence electrons. The van der Waals surface area contributed by atoms with Crippen LogP contribution in [0.15, 0.2) is 42.5 Å². The van der Waals surface area contributed by atoms with Gasteiger partial charge in [-0.15, -0.1) is 0 Å². The van der Waals surface area contributed by atoms with Crippen molar-refractivity contribution < 1.29 is 13.9 Å². The number of nitrogens with zero attached hydrogens (tertiary/aromatic N) is 1. The van der Waals surface area contributed by atoms with Gasteiger partial charge >= 0.3 is 6.09 Å². The van der Waals surface area contributed by atoms with Crippen molar-refractivity contribution in [1.82, 2.24) is 4.90 Å². The molecule has 1 N–H and O–H groups in total. The number of fused-ring (bicyclic) bond motifs is 1. The number of carbonyl (C=O) groups excluding carboxylic acids is 1. The number of anilines is 1. The van der Waals surface area contributed by atoms with Crippen LogP contribution >= 0.6 is 0 Å². The topological polar surface area (TPSA) is 41.6 Å². The molecule has 29 heavy (non-hydrogen) atoms. The Bertz CT molecular complexity index is 844. The lowest BCUT2D eigenvalue weighted by Gasteiger charge is -2.34. The van der Waals surface area contributed by atoms with Crippen LogP contribution in [0, 0.1) is 5.82 Å². The predicted molar refractivity (Wildman–Crippen MR) is 113 cm³/mol. The molecule has 1 atom stereocenters. The Kier molecular flexibility index (Phi) is 6.14. The zero-order valence-corrected chi connectivity index (χ0v) is 17.0. The molecule has 1 amide bonds. The van der Waals surface area contributed by atoms with Crippen LogP contribution in [0.4, 0.5) is 14.9 Å². The van der Waals surface area contributed by atoms with Crippen LogP contribution in [0.3, 0.4) is 0 Å². The number of halogens is 1. The number of carbonyl (C=O) groups is 1. The maximum absolute atomic E-state index is 13.2. The van der Waals surface area contributed by atoms with E-state index >= 15 is 0 Å². The molecule has 1 unspecified atom stereocenters. The SMILES string of the molecule is CCOC(=O)Nc1ccc2c(c1)C(CN1CCC(c3ccc(F)cc3)CC1)CC2. The van der Waals surface area contributed by atoms with E-state index in [4.69, 9.17) is 4.74 Å². The maximum atomic E-state index is 13.2. The van der Waals surface area contributed by atoms with Crippen LogP contribution in [0.2, 0.25) is 0 Å². The van der Waals surface area contributed by atoms with E-state index in [1.165, 1.54) is 16.7 Å². The Balaban J connectivity index is 1.35. The lowest BCUT2D eigenvalue weighted by Crippen LogP contribution is -2.35. The van der Waals surface area contributed by atoms with E-state index in [-0.39, 0.29) is 5.82 Å². The van der Waals surface area contributed by atoms with Gasteiger partial charge in [-0.1, -0.05) is 18.2 Å². The molecular weight excluding hydrogens is 367 g/mol. The molecule has 2 aliphatic rings. The van der Waals surface area contributed by atoms with Crippen molar-refractivity contribution in [3.8, 4) is 0 Å². The van der Waals surface area contributed by atoms with E-state index < -0.39 is 6.09 Å². The summed E-state index contributed by atoms with van der Waals surface area (Å²) in [7, 11) is 0. The van der Waals surface area contributed by atoms with Crippen LogP contribution in [-0.2, 0) is 11.2 Å². The van der Waals surface area contributed by atoms with Crippen LogP contribution in [0.25, 0.3) is 0 Å². The molecule has 5 heteroatoms. The lowest BCUT2D eigenvalue weighted by atomic mass is 9.89. The smallest absolute Gasteiger partial charge is 0.411 e. The van der Waals surface area contributed by atoms with Crippen molar-refractivity contribution in [3.63, 3.8) is 0 Å². The van der Waals surface area contributed by atoms with Crippen molar-refractivity contribution in [2.75, 3.05) is 31.6 Å². The quantitative estimate of drug-likeness (QED) is 0.745. The molecule has 0 aromatic heterocycles. The Morgan fingerprint density at radius 2 is 1.90 bits per heavy atom. The van der Waals surface area contributed by atoms with E-state index in [1.807, 2.05) is 18.2 Å². The average molecular weight is 397 g/mol. The molecule has 4 rings (SSSR count). The van der Waals surface area contributed by atoms with Gasteiger partial charge in [0, 0.05) is 12.2 Å². The first kappa shape index (κ1) is 19.9. The van der Waals surface area contributed by atoms with Gasteiger partial charge in [0.05, 0.1) is 6.61 Å².